The molecule has 32 heavy (non-hydrogen) atoms. The van der Waals surface area contributed by atoms with Gasteiger partial charge in [0.2, 0.25) is 15.9 Å². The Bertz CT molecular complexity index is 1180. The molecule has 2 aliphatic heterocycles. The second-order valence-corrected chi connectivity index (χ2v) is 10.7. The number of amides is 1. The minimum absolute atomic E-state index is 0.00566. The molecule has 8 heteroatoms. The van der Waals surface area contributed by atoms with Gasteiger partial charge in [-0.05, 0) is 62.4 Å². The van der Waals surface area contributed by atoms with Crippen LogP contribution in [0.3, 0.4) is 0 Å². The Hall–Kier alpha value is -2.73. The maximum absolute atomic E-state index is 13.4. The molecule has 1 N–H and O–H groups in total. The summed E-state index contributed by atoms with van der Waals surface area (Å²) in [6.45, 7) is 6.95. The highest BCUT2D eigenvalue weighted by molar-refractivity contribution is 7.89. The highest BCUT2D eigenvalue weighted by Gasteiger charge is 2.48. The van der Waals surface area contributed by atoms with Crippen molar-refractivity contribution < 1.29 is 13.2 Å². The Morgan fingerprint density at radius 2 is 1.75 bits per heavy atom. The Balaban J connectivity index is 1.55. The molecule has 0 bridgehead atoms. The number of carbonyl (C=O) groups is 1. The lowest BCUT2D eigenvalue weighted by Gasteiger charge is -2.44. The van der Waals surface area contributed by atoms with Crippen molar-refractivity contribution >= 4 is 15.9 Å². The van der Waals surface area contributed by atoms with Crippen LogP contribution in [0.25, 0.3) is 0 Å². The Morgan fingerprint density at radius 1 is 1.09 bits per heavy atom. The summed E-state index contributed by atoms with van der Waals surface area (Å²) in [4.78, 5) is 14.9. The van der Waals surface area contributed by atoms with Crippen LogP contribution in [0.1, 0.15) is 40.7 Å². The van der Waals surface area contributed by atoms with Crippen molar-refractivity contribution in [2.75, 3.05) is 19.6 Å². The fourth-order valence-corrected chi connectivity index (χ4v) is 6.93. The zero-order valence-electron chi connectivity index (χ0n) is 18.7. The average Bonchev–Trinajstić information content (AvgIpc) is 3.03. The summed E-state index contributed by atoms with van der Waals surface area (Å²) in [6, 6.07) is 13.2. The first-order chi connectivity index (χ1) is 15.2. The summed E-state index contributed by atoms with van der Waals surface area (Å²) in [6.07, 6.45) is 1.03. The molecule has 2 fully saturated rings. The van der Waals surface area contributed by atoms with Gasteiger partial charge in [-0.1, -0.05) is 29.8 Å². The molecule has 0 aliphatic carbocycles. The van der Waals surface area contributed by atoms with Crippen molar-refractivity contribution in [3.63, 3.8) is 0 Å². The van der Waals surface area contributed by atoms with Crippen molar-refractivity contribution in [1.82, 2.24) is 14.5 Å². The molecule has 2 heterocycles. The monoisotopic (exact) mass is 452 g/mol. The standard InChI is InChI=1S/C24H28N4O3S/c1-17-11-18(2)23(19(3)12-17)32(30,31)27-9-7-24(8-10-27)26-15-22(29)28(24)16-21-6-4-5-20(13-21)14-25/h4-6,11-13,26H,7-10,15-16H2,1-3H3. The molecule has 1 amide bonds. The number of hydrogen-bond acceptors (Lipinski definition) is 5. The summed E-state index contributed by atoms with van der Waals surface area (Å²) < 4.78 is 28.4. The Morgan fingerprint density at radius 3 is 2.38 bits per heavy atom. The van der Waals surface area contributed by atoms with Gasteiger partial charge in [0.25, 0.3) is 0 Å². The third-order valence-corrected chi connectivity index (χ3v) is 8.74. The molecule has 1 spiro atoms. The summed E-state index contributed by atoms with van der Waals surface area (Å²) in [5.74, 6) is -0.00566. The van der Waals surface area contributed by atoms with Gasteiger partial charge in [-0.2, -0.15) is 9.57 Å². The molecule has 0 aromatic heterocycles. The van der Waals surface area contributed by atoms with Crippen molar-refractivity contribution in [2.24, 2.45) is 0 Å². The molecule has 2 saturated heterocycles. The summed E-state index contributed by atoms with van der Waals surface area (Å²) >= 11 is 0. The molecule has 7 nitrogen and oxygen atoms in total. The van der Waals surface area contributed by atoms with Crippen LogP contribution in [0.15, 0.2) is 41.3 Å². The SMILES string of the molecule is Cc1cc(C)c(S(=O)(=O)N2CCC3(CC2)NCC(=O)N3Cc2cccc(C#N)c2)c(C)c1. The van der Waals surface area contributed by atoms with Crippen molar-refractivity contribution in [2.45, 2.75) is 50.7 Å². The van der Waals surface area contributed by atoms with Gasteiger partial charge in [0.1, 0.15) is 0 Å². The number of carbonyl (C=O) groups excluding carboxylic acids is 1. The number of piperidine rings is 1. The second kappa shape index (κ2) is 8.32. The van der Waals surface area contributed by atoms with E-state index in [9.17, 15) is 13.2 Å². The van der Waals surface area contributed by atoms with Crippen LogP contribution in [-0.4, -0.2) is 48.8 Å². The van der Waals surface area contributed by atoms with E-state index in [1.54, 1.807) is 16.4 Å². The third-order valence-electron chi connectivity index (χ3n) is 6.54. The van der Waals surface area contributed by atoms with Gasteiger partial charge < -0.3 is 4.90 Å². The number of rotatable bonds is 4. The average molecular weight is 453 g/mol. The molecule has 2 aromatic carbocycles. The predicted octanol–water partition coefficient (Wildman–Crippen LogP) is 2.60. The summed E-state index contributed by atoms with van der Waals surface area (Å²) in [7, 11) is -3.62. The van der Waals surface area contributed by atoms with Gasteiger partial charge in [0.05, 0.1) is 28.7 Å². The minimum Gasteiger partial charge on any atom is -0.319 e. The quantitative estimate of drug-likeness (QED) is 0.770. The van der Waals surface area contributed by atoms with E-state index in [4.69, 9.17) is 5.26 Å². The van der Waals surface area contributed by atoms with E-state index in [-0.39, 0.29) is 12.5 Å². The highest BCUT2D eigenvalue weighted by atomic mass is 32.2. The lowest BCUT2D eigenvalue weighted by Crippen LogP contribution is -2.58. The summed E-state index contributed by atoms with van der Waals surface area (Å²) in [5.41, 5.74) is 3.44. The van der Waals surface area contributed by atoms with E-state index in [1.165, 1.54) is 0 Å². The minimum atomic E-state index is -3.62. The highest BCUT2D eigenvalue weighted by Crippen LogP contribution is 2.35. The largest absolute Gasteiger partial charge is 0.319 e. The van der Waals surface area contributed by atoms with E-state index in [1.807, 2.05) is 49.9 Å². The van der Waals surface area contributed by atoms with E-state index in [0.717, 1.165) is 22.3 Å². The molecule has 2 aliphatic rings. The van der Waals surface area contributed by atoms with Crippen molar-refractivity contribution in [3.8, 4) is 6.07 Å². The van der Waals surface area contributed by atoms with Crippen LogP contribution in [0.4, 0.5) is 0 Å². The zero-order valence-corrected chi connectivity index (χ0v) is 19.5. The number of nitrogens with one attached hydrogen (secondary N) is 1. The van der Waals surface area contributed by atoms with E-state index in [0.29, 0.717) is 42.9 Å². The van der Waals surface area contributed by atoms with Crippen LogP contribution in [0.2, 0.25) is 0 Å². The van der Waals surface area contributed by atoms with Crippen molar-refractivity contribution in [3.05, 3.63) is 64.2 Å². The number of aryl methyl sites for hydroxylation is 3. The topological polar surface area (TPSA) is 93.5 Å². The maximum atomic E-state index is 13.4. The van der Waals surface area contributed by atoms with Gasteiger partial charge in [0.15, 0.2) is 0 Å². The van der Waals surface area contributed by atoms with Crippen LogP contribution in [0, 0.1) is 32.1 Å². The second-order valence-electron chi connectivity index (χ2n) is 8.81. The van der Waals surface area contributed by atoms with Crippen LogP contribution >= 0.6 is 0 Å². The molecule has 0 atom stereocenters. The lowest BCUT2D eigenvalue weighted by atomic mass is 9.96. The molecule has 0 unspecified atom stereocenters. The number of nitrogens with zero attached hydrogens (tertiary/aromatic N) is 3. The number of nitriles is 1. The number of hydrogen-bond donors (Lipinski definition) is 1. The molecule has 2 aromatic rings. The molecule has 168 valence electrons. The Labute approximate surface area is 189 Å². The molecule has 4 rings (SSSR count). The van der Waals surface area contributed by atoms with E-state index >= 15 is 0 Å². The van der Waals surface area contributed by atoms with Gasteiger partial charge in [-0.15, -0.1) is 0 Å². The normalized spacial score (nSPS) is 18.8. The lowest BCUT2D eigenvalue weighted by molar-refractivity contribution is -0.132. The van der Waals surface area contributed by atoms with Gasteiger partial charge in [-0.3, -0.25) is 10.1 Å². The fraction of sp³-hybridized carbons (Fsp3) is 0.417. The van der Waals surface area contributed by atoms with Crippen LogP contribution in [0.5, 0.6) is 0 Å². The first-order valence-electron chi connectivity index (χ1n) is 10.8. The smallest absolute Gasteiger partial charge is 0.243 e. The maximum Gasteiger partial charge on any atom is 0.243 e. The first kappa shape index (κ1) is 22.5. The molecular formula is C24H28N4O3S. The van der Waals surface area contributed by atoms with Crippen LogP contribution in [-0.2, 0) is 21.4 Å². The van der Waals surface area contributed by atoms with Gasteiger partial charge >= 0.3 is 0 Å². The molecule has 0 saturated carbocycles. The zero-order chi connectivity index (χ0) is 23.1. The first-order valence-corrected chi connectivity index (χ1v) is 12.2. The number of benzene rings is 2. The van der Waals surface area contributed by atoms with Crippen LogP contribution < -0.4 is 5.32 Å². The van der Waals surface area contributed by atoms with Gasteiger partial charge in [0, 0.05) is 19.6 Å². The van der Waals surface area contributed by atoms with Crippen molar-refractivity contribution in [1.29, 1.82) is 5.26 Å². The Kier molecular flexibility index (Phi) is 5.84. The third kappa shape index (κ3) is 3.92. The summed E-state index contributed by atoms with van der Waals surface area (Å²) in [5, 5.41) is 12.5. The molecular weight excluding hydrogens is 424 g/mol. The number of sulfonamides is 1. The van der Waals surface area contributed by atoms with E-state index in [2.05, 4.69) is 11.4 Å². The van der Waals surface area contributed by atoms with Gasteiger partial charge in [-0.25, -0.2) is 8.42 Å². The fourth-order valence-electron chi connectivity index (χ4n) is 5.08. The predicted molar refractivity (Wildman–Crippen MR) is 121 cm³/mol. The van der Waals surface area contributed by atoms with E-state index < -0.39 is 15.7 Å². The molecule has 0 radical (unpaired) electrons.